The van der Waals surface area contributed by atoms with Crippen LogP contribution in [0, 0.1) is 6.92 Å². The lowest BCUT2D eigenvalue weighted by atomic mass is 10.1. The van der Waals surface area contributed by atoms with Gasteiger partial charge in [0.05, 0.1) is 6.54 Å². The molecule has 3 heteroatoms. The van der Waals surface area contributed by atoms with Crippen LogP contribution >= 0.6 is 15.9 Å². The van der Waals surface area contributed by atoms with Crippen molar-refractivity contribution in [3.63, 3.8) is 0 Å². The molecule has 0 aliphatic carbocycles. The molecular weight excluding hydrogens is 314 g/mol. The van der Waals surface area contributed by atoms with Crippen LogP contribution in [0.25, 0.3) is 11.3 Å². The predicted octanol–water partition coefficient (Wildman–Crippen LogP) is 5.30. The zero-order chi connectivity index (χ0) is 14.4. The Morgan fingerprint density at radius 3 is 2.75 bits per heavy atom. The highest BCUT2D eigenvalue weighted by Gasteiger charge is 2.07. The van der Waals surface area contributed by atoms with Crippen molar-refractivity contribution in [2.45, 2.75) is 39.7 Å². The van der Waals surface area contributed by atoms with E-state index in [4.69, 9.17) is 4.42 Å². The normalized spacial score (nSPS) is 10.9. The average molecular weight is 336 g/mol. The lowest BCUT2D eigenvalue weighted by Gasteiger charge is -2.04. The van der Waals surface area contributed by atoms with Gasteiger partial charge in [-0.15, -0.1) is 0 Å². The number of aryl methyl sites for hydroxylation is 1. The van der Waals surface area contributed by atoms with Gasteiger partial charge >= 0.3 is 0 Å². The summed E-state index contributed by atoms with van der Waals surface area (Å²) in [5.74, 6) is 1.94. The number of halogens is 1. The number of furan rings is 1. The van der Waals surface area contributed by atoms with Crippen molar-refractivity contribution in [1.82, 2.24) is 5.32 Å². The molecule has 1 aromatic heterocycles. The van der Waals surface area contributed by atoms with Crippen LogP contribution in [0.4, 0.5) is 0 Å². The first kappa shape index (κ1) is 15.3. The zero-order valence-corrected chi connectivity index (χ0v) is 13.8. The van der Waals surface area contributed by atoms with E-state index in [1.807, 2.05) is 6.07 Å². The summed E-state index contributed by atoms with van der Waals surface area (Å²) in [6.45, 7) is 6.19. The molecule has 0 atom stereocenters. The van der Waals surface area contributed by atoms with Crippen molar-refractivity contribution in [3.8, 4) is 11.3 Å². The fraction of sp³-hybridized carbons (Fsp3) is 0.412. The molecule has 0 aliphatic rings. The van der Waals surface area contributed by atoms with Gasteiger partial charge in [0, 0.05) is 10.0 Å². The van der Waals surface area contributed by atoms with E-state index in [0.29, 0.717) is 0 Å². The number of nitrogens with one attached hydrogen (secondary N) is 1. The Hall–Kier alpha value is -1.06. The third-order valence-corrected chi connectivity index (χ3v) is 3.87. The smallest absolute Gasteiger partial charge is 0.134 e. The summed E-state index contributed by atoms with van der Waals surface area (Å²) in [5.41, 5.74) is 2.38. The Morgan fingerprint density at radius 2 is 2.00 bits per heavy atom. The molecule has 0 radical (unpaired) electrons. The number of hydrogen-bond acceptors (Lipinski definition) is 2. The maximum atomic E-state index is 5.92. The molecule has 1 aromatic carbocycles. The van der Waals surface area contributed by atoms with Gasteiger partial charge in [0.1, 0.15) is 11.5 Å². The Balaban J connectivity index is 1.95. The summed E-state index contributed by atoms with van der Waals surface area (Å²) < 4.78 is 7.02. The molecule has 2 aromatic rings. The molecule has 20 heavy (non-hydrogen) atoms. The van der Waals surface area contributed by atoms with Crippen LogP contribution in [0.2, 0.25) is 0 Å². The van der Waals surface area contributed by atoms with E-state index in [-0.39, 0.29) is 0 Å². The van der Waals surface area contributed by atoms with Crippen LogP contribution in [0.3, 0.4) is 0 Å². The number of rotatable bonds is 7. The summed E-state index contributed by atoms with van der Waals surface area (Å²) >= 11 is 3.49. The molecule has 1 N–H and O–H groups in total. The minimum Gasteiger partial charge on any atom is -0.460 e. The highest BCUT2D eigenvalue weighted by atomic mass is 79.9. The van der Waals surface area contributed by atoms with Gasteiger partial charge in [-0.25, -0.2) is 0 Å². The molecule has 108 valence electrons. The van der Waals surface area contributed by atoms with Crippen molar-refractivity contribution in [3.05, 3.63) is 46.1 Å². The molecule has 0 spiro atoms. The first-order valence-corrected chi connectivity index (χ1v) is 8.06. The van der Waals surface area contributed by atoms with Gasteiger partial charge in [0.15, 0.2) is 0 Å². The molecule has 1 heterocycles. The van der Waals surface area contributed by atoms with Crippen LogP contribution in [0.1, 0.15) is 37.5 Å². The van der Waals surface area contributed by atoms with Crippen LogP contribution in [-0.4, -0.2) is 6.54 Å². The van der Waals surface area contributed by atoms with Crippen molar-refractivity contribution < 1.29 is 4.42 Å². The van der Waals surface area contributed by atoms with Gasteiger partial charge in [-0.3, -0.25) is 0 Å². The molecular formula is C17H22BrNO. The molecule has 0 aliphatic heterocycles. The first-order chi connectivity index (χ1) is 9.70. The van der Waals surface area contributed by atoms with E-state index >= 15 is 0 Å². The summed E-state index contributed by atoms with van der Waals surface area (Å²) in [4.78, 5) is 0. The molecule has 0 unspecified atom stereocenters. The van der Waals surface area contributed by atoms with E-state index in [2.05, 4.69) is 59.4 Å². The highest BCUT2D eigenvalue weighted by Crippen LogP contribution is 2.27. The molecule has 0 saturated heterocycles. The van der Waals surface area contributed by atoms with Gasteiger partial charge < -0.3 is 9.73 Å². The van der Waals surface area contributed by atoms with Crippen LogP contribution in [0.15, 0.2) is 39.2 Å². The highest BCUT2D eigenvalue weighted by molar-refractivity contribution is 9.10. The van der Waals surface area contributed by atoms with E-state index in [9.17, 15) is 0 Å². The zero-order valence-electron chi connectivity index (χ0n) is 12.2. The van der Waals surface area contributed by atoms with Crippen LogP contribution in [-0.2, 0) is 6.54 Å². The second-order valence-electron chi connectivity index (χ2n) is 5.11. The van der Waals surface area contributed by atoms with Crippen molar-refractivity contribution in [2.75, 3.05) is 6.54 Å². The van der Waals surface area contributed by atoms with Gasteiger partial charge in [0.2, 0.25) is 0 Å². The Kier molecular flexibility index (Phi) is 5.86. The topological polar surface area (TPSA) is 25.2 Å². The Bertz CT molecular complexity index is 548. The van der Waals surface area contributed by atoms with E-state index in [1.165, 1.54) is 24.8 Å². The maximum absolute atomic E-state index is 5.92. The van der Waals surface area contributed by atoms with Crippen LogP contribution < -0.4 is 5.32 Å². The lowest BCUT2D eigenvalue weighted by molar-refractivity contribution is 0.488. The van der Waals surface area contributed by atoms with Gasteiger partial charge in [-0.2, -0.15) is 0 Å². The monoisotopic (exact) mass is 335 g/mol. The Morgan fingerprint density at radius 1 is 1.15 bits per heavy atom. The summed E-state index contributed by atoms with van der Waals surface area (Å²) in [5, 5.41) is 3.42. The molecule has 0 saturated carbocycles. The molecule has 0 bridgehead atoms. The third-order valence-electron chi connectivity index (χ3n) is 3.37. The van der Waals surface area contributed by atoms with Gasteiger partial charge in [-0.1, -0.05) is 35.7 Å². The minimum atomic E-state index is 0.805. The average Bonchev–Trinajstić information content (AvgIpc) is 2.87. The number of unbranched alkanes of at least 4 members (excludes halogenated alkanes) is 2. The largest absolute Gasteiger partial charge is 0.460 e. The first-order valence-electron chi connectivity index (χ1n) is 7.26. The SMILES string of the molecule is CCCCCNCc1ccc(-c2ccc(Br)cc2C)o1. The lowest BCUT2D eigenvalue weighted by Crippen LogP contribution is -2.13. The molecule has 0 fully saturated rings. The molecule has 2 rings (SSSR count). The van der Waals surface area contributed by atoms with Crippen molar-refractivity contribution >= 4 is 15.9 Å². The summed E-state index contributed by atoms with van der Waals surface area (Å²) in [6, 6.07) is 10.4. The second kappa shape index (κ2) is 7.65. The quantitative estimate of drug-likeness (QED) is 0.694. The van der Waals surface area contributed by atoms with Gasteiger partial charge in [-0.05, 0) is 55.8 Å². The fourth-order valence-electron chi connectivity index (χ4n) is 2.23. The minimum absolute atomic E-state index is 0.805. The standard InChI is InChI=1S/C17H22BrNO/c1-3-4-5-10-19-12-15-7-9-17(20-15)16-8-6-14(18)11-13(16)2/h6-9,11,19H,3-5,10,12H2,1-2H3. The van der Waals surface area contributed by atoms with Crippen LogP contribution in [0.5, 0.6) is 0 Å². The fourth-order valence-corrected chi connectivity index (χ4v) is 2.71. The second-order valence-corrected chi connectivity index (χ2v) is 6.02. The van der Waals surface area contributed by atoms with E-state index in [0.717, 1.165) is 34.6 Å². The van der Waals surface area contributed by atoms with Crippen molar-refractivity contribution in [2.24, 2.45) is 0 Å². The summed E-state index contributed by atoms with van der Waals surface area (Å²) in [6.07, 6.45) is 3.78. The Labute approximate surface area is 129 Å². The van der Waals surface area contributed by atoms with E-state index in [1.54, 1.807) is 0 Å². The van der Waals surface area contributed by atoms with Crippen molar-refractivity contribution in [1.29, 1.82) is 0 Å². The molecule has 0 amide bonds. The number of benzene rings is 1. The van der Waals surface area contributed by atoms with E-state index < -0.39 is 0 Å². The third kappa shape index (κ3) is 4.22. The number of hydrogen-bond donors (Lipinski definition) is 1. The predicted molar refractivity (Wildman–Crippen MR) is 87.8 cm³/mol. The summed E-state index contributed by atoms with van der Waals surface area (Å²) in [7, 11) is 0. The van der Waals surface area contributed by atoms with Gasteiger partial charge in [0.25, 0.3) is 0 Å². The maximum Gasteiger partial charge on any atom is 0.134 e. The molecule has 2 nitrogen and oxygen atoms in total.